The molecule has 176 valence electrons. The zero-order valence-electron chi connectivity index (χ0n) is 19.2. The summed E-state index contributed by atoms with van der Waals surface area (Å²) in [5.41, 5.74) is 8.05. The molecule has 36 heavy (non-hydrogen) atoms. The van der Waals surface area contributed by atoms with E-state index in [1.54, 1.807) is 31.1 Å². The Bertz CT molecular complexity index is 1730. The van der Waals surface area contributed by atoms with Crippen molar-refractivity contribution >= 4 is 33.7 Å². The molecule has 0 bridgehead atoms. The van der Waals surface area contributed by atoms with Crippen LogP contribution in [0.4, 0.5) is 5.69 Å². The van der Waals surface area contributed by atoms with Crippen molar-refractivity contribution in [3.05, 3.63) is 67.5 Å². The number of rotatable bonds is 5. The van der Waals surface area contributed by atoms with E-state index in [1.165, 1.54) is 0 Å². The number of hydrogen-bond acceptors (Lipinski definition) is 6. The smallest absolute Gasteiger partial charge is 0.227 e. The number of carbonyl (C=O) groups is 1. The number of amides is 1. The molecular weight excluding hydrogens is 454 g/mol. The van der Waals surface area contributed by atoms with Gasteiger partial charge in [0.2, 0.25) is 5.91 Å². The second kappa shape index (κ2) is 8.16. The number of nitrogens with zero attached hydrogens (tertiary/aromatic N) is 4. The monoisotopic (exact) mass is 475 g/mol. The average Bonchev–Trinajstić information content (AvgIpc) is 3.61. The second-order valence-electron chi connectivity index (χ2n) is 9.06. The van der Waals surface area contributed by atoms with Gasteiger partial charge in [0.05, 0.1) is 41.3 Å². The van der Waals surface area contributed by atoms with Gasteiger partial charge in [0.25, 0.3) is 0 Å². The van der Waals surface area contributed by atoms with Crippen LogP contribution in [-0.4, -0.2) is 36.0 Å². The molecule has 6 heterocycles. The molecule has 6 aromatic heterocycles. The van der Waals surface area contributed by atoms with Gasteiger partial charge in [-0.1, -0.05) is 6.42 Å². The van der Waals surface area contributed by atoms with Crippen molar-refractivity contribution < 1.29 is 9.21 Å². The van der Waals surface area contributed by atoms with Gasteiger partial charge in [-0.15, -0.1) is 0 Å². The zero-order chi connectivity index (χ0) is 24.1. The third kappa shape index (κ3) is 3.44. The van der Waals surface area contributed by atoms with Gasteiger partial charge in [-0.2, -0.15) is 5.10 Å². The predicted octanol–water partition coefficient (Wildman–Crippen LogP) is 5.56. The van der Waals surface area contributed by atoms with E-state index < -0.39 is 0 Å². The van der Waals surface area contributed by atoms with Crippen molar-refractivity contribution in [2.75, 3.05) is 5.32 Å². The number of aromatic nitrogens is 6. The molecule has 7 rings (SSSR count). The average molecular weight is 476 g/mol. The maximum absolute atomic E-state index is 12.4. The summed E-state index contributed by atoms with van der Waals surface area (Å²) in [6.45, 7) is 0. The first-order valence-corrected chi connectivity index (χ1v) is 11.8. The van der Waals surface area contributed by atoms with Crippen LogP contribution < -0.4 is 5.32 Å². The largest absolute Gasteiger partial charge is 0.472 e. The number of H-pyrrole nitrogens is 2. The molecule has 6 aromatic rings. The minimum absolute atomic E-state index is 0.0583. The lowest BCUT2D eigenvalue weighted by molar-refractivity contribution is -0.122. The SMILES string of the molecule is O=C(Nc1cncc(-c2ccc3[nH]nc(-c4cc5c(-c6ccoc6)ccnc5[nH]4)c3n2)c1)C1CCC1. The van der Waals surface area contributed by atoms with E-state index >= 15 is 0 Å². The Hall–Kier alpha value is -4.79. The Morgan fingerprint density at radius 2 is 2.03 bits per heavy atom. The van der Waals surface area contributed by atoms with Crippen LogP contribution in [0.1, 0.15) is 19.3 Å². The van der Waals surface area contributed by atoms with Crippen LogP contribution in [0.3, 0.4) is 0 Å². The van der Waals surface area contributed by atoms with E-state index in [0.29, 0.717) is 11.4 Å². The molecule has 0 aliphatic heterocycles. The summed E-state index contributed by atoms with van der Waals surface area (Å²) in [6, 6.07) is 11.7. The zero-order valence-corrected chi connectivity index (χ0v) is 19.2. The van der Waals surface area contributed by atoms with Crippen LogP contribution in [0, 0.1) is 5.92 Å². The first kappa shape index (κ1) is 20.6. The fraction of sp³-hybridized carbons (Fsp3) is 0.148. The number of nitrogens with one attached hydrogen (secondary N) is 3. The van der Waals surface area contributed by atoms with Gasteiger partial charge in [-0.05, 0) is 54.8 Å². The van der Waals surface area contributed by atoms with E-state index in [1.807, 2.05) is 36.4 Å². The lowest BCUT2D eigenvalue weighted by Crippen LogP contribution is -2.28. The molecule has 0 spiro atoms. The minimum atomic E-state index is 0.0583. The molecule has 9 nitrogen and oxygen atoms in total. The van der Waals surface area contributed by atoms with Gasteiger partial charge in [0.15, 0.2) is 0 Å². The van der Waals surface area contributed by atoms with Crippen LogP contribution in [0.25, 0.3) is 55.8 Å². The van der Waals surface area contributed by atoms with E-state index in [0.717, 1.165) is 69.4 Å². The first-order chi connectivity index (χ1) is 17.7. The van der Waals surface area contributed by atoms with Gasteiger partial charge in [-0.25, -0.2) is 9.97 Å². The van der Waals surface area contributed by atoms with Gasteiger partial charge >= 0.3 is 0 Å². The lowest BCUT2D eigenvalue weighted by atomic mass is 9.85. The highest BCUT2D eigenvalue weighted by Crippen LogP contribution is 2.34. The molecule has 3 N–H and O–H groups in total. The molecule has 0 radical (unpaired) electrons. The molecule has 1 aliphatic rings. The summed E-state index contributed by atoms with van der Waals surface area (Å²) in [5.74, 6) is 0.166. The Balaban J connectivity index is 1.26. The van der Waals surface area contributed by atoms with Crippen molar-refractivity contribution in [1.29, 1.82) is 0 Å². The third-order valence-corrected chi connectivity index (χ3v) is 6.80. The van der Waals surface area contributed by atoms with Gasteiger partial charge in [0.1, 0.15) is 16.9 Å². The minimum Gasteiger partial charge on any atom is -0.472 e. The maximum atomic E-state index is 12.4. The summed E-state index contributed by atoms with van der Waals surface area (Å²) in [5, 5.41) is 11.6. The molecule has 1 fully saturated rings. The van der Waals surface area contributed by atoms with Crippen LogP contribution in [0.2, 0.25) is 0 Å². The number of anilines is 1. The summed E-state index contributed by atoms with van der Waals surface area (Å²) in [4.78, 5) is 29.5. The number of aromatic amines is 2. The molecule has 1 aliphatic carbocycles. The Morgan fingerprint density at radius 1 is 1.08 bits per heavy atom. The lowest BCUT2D eigenvalue weighted by Gasteiger charge is -2.24. The van der Waals surface area contributed by atoms with Crippen molar-refractivity contribution in [2.45, 2.75) is 19.3 Å². The highest BCUT2D eigenvalue weighted by Gasteiger charge is 2.25. The summed E-state index contributed by atoms with van der Waals surface area (Å²) < 4.78 is 5.27. The van der Waals surface area contributed by atoms with Crippen LogP contribution in [-0.2, 0) is 4.79 Å². The molecule has 1 saturated carbocycles. The van der Waals surface area contributed by atoms with Crippen LogP contribution >= 0.6 is 0 Å². The van der Waals surface area contributed by atoms with E-state index in [4.69, 9.17) is 9.40 Å². The molecule has 0 atom stereocenters. The van der Waals surface area contributed by atoms with Crippen molar-refractivity contribution in [2.24, 2.45) is 5.92 Å². The Labute approximate surface area is 205 Å². The second-order valence-corrected chi connectivity index (χ2v) is 9.06. The summed E-state index contributed by atoms with van der Waals surface area (Å²) >= 11 is 0. The van der Waals surface area contributed by atoms with Gasteiger partial charge in [-0.3, -0.25) is 14.9 Å². The van der Waals surface area contributed by atoms with Crippen molar-refractivity contribution in [1.82, 2.24) is 30.1 Å². The number of hydrogen-bond donors (Lipinski definition) is 3. The molecule has 0 aromatic carbocycles. The summed E-state index contributed by atoms with van der Waals surface area (Å²) in [6.07, 6.45) is 11.6. The van der Waals surface area contributed by atoms with Crippen LogP contribution in [0.5, 0.6) is 0 Å². The Kier molecular flexibility index (Phi) is 4.66. The topological polar surface area (TPSA) is 125 Å². The summed E-state index contributed by atoms with van der Waals surface area (Å²) in [7, 11) is 0. The van der Waals surface area contributed by atoms with E-state index in [9.17, 15) is 4.79 Å². The molecule has 1 amide bonds. The maximum Gasteiger partial charge on any atom is 0.227 e. The fourth-order valence-corrected chi connectivity index (χ4v) is 4.63. The van der Waals surface area contributed by atoms with Gasteiger partial charge in [0, 0.05) is 34.8 Å². The van der Waals surface area contributed by atoms with Crippen molar-refractivity contribution in [3.63, 3.8) is 0 Å². The number of pyridine rings is 3. The highest BCUT2D eigenvalue weighted by atomic mass is 16.3. The number of fused-ring (bicyclic) bond motifs is 2. The van der Waals surface area contributed by atoms with E-state index in [-0.39, 0.29) is 11.8 Å². The van der Waals surface area contributed by atoms with Crippen LogP contribution in [0.15, 0.2) is 71.9 Å². The highest BCUT2D eigenvalue weighted by molar-refractivity contribution is 5.99. The van der Waals surface area contributed by atoms with Crippen molar-refractivity contribution in [3.8, 4) is 33.8 Å². The standard InChI is InChI=1S/C27H21N7O2/c35-27(15-2-1-3-15)30-18-10-17(12-28-13-18)21-4-5-22-24(31-21)25(34-33-22)23-11-20-19(16-7-9-36-14-16)6-8-29-26(20)32-23/h4-15H,1-3H2,(H,29,32)(H,30,35)(H,33,34). The first-order valence-electron chi connectivity index (χ1n) is 11.8. The molecule has 9 heteroatoms. The normalized spacial score (nSPS) is 13.8. The Morgan fingerprint density at radius 3 is 2.86 bits per heavy atom. The van der Waals surface area contributed by atoms with Gasteiger partial charge < -0.3 is 14.7 Å². The molecular formula is C27H21N7O2. The quantitative estimate of drug-likeness (QED) is 0.300. The number of furan rings is 1. The van der Waals surface area contributed by atoms with E-state index in [2.05, 4.69) is 30.5 Å². The number of carbonyl (C=O) groups excluding carboxylic acids is 1. The molecule has 0 saturated heterocycles. The third-order valence-electron chi connectivity index (χ3n) is 6.80. The predicted molar refractivity (Wildman–Crippen MR) is 136 cm³/mol. The molecule has 0 unspecified atom stereocenters. The fourth-order valence-electron chi connectivity index (χ4n) is 4.63.